The number of hydrogen-bond acceptors (Lipinski definition) is 6. The van der Waals surface area contributed by atoms with Gasteiger partial charge < -0.3 is 24.5 Å². The van der Waals surface area contributed by atoms with Crippen LogP contribution in [0.4, 0.5) is 5.82 Å². The van der Waals surface area contributed by atoms with E-state index in [0.29, 0.717) is 30.1 Å². The molecule has 1 heterocycles. The number of methoxy groups -OCH3 is 1. The SMILES string of the molecule is COCCn1c(N)c(C(=O)OC(C)(C)C)c2cc(OC(C)=O)ccc21. The molecule has 1 aromatic carbocycles. The largest absolute Gasteiger partial charge is 0.456 e. The second-order valence-electron chi connectivity index (χ2n) is 6.68. The lowest BCUT2D eigenvalue weighted by Crippen LogP contribution is -2.24. The zero-order valence-corrected chi connectivity index (χ0v) is 15.2. The van der Waals surface area contributed by atoms with Crippen LogP contribution in [0.5, 0.6) is 5.75 Å². The van der Waals surface area contributed by atoms with Crippen molar-refractivity contribution in [1.82, 2.24) is 4.57 Å². The van der Waals surface area contributed by atoms with Crippen LogP contribution < -0.4 is 10.5 Å². The van der Waals surface area contributed by atoms with E-state index in [0.717, 1.165) is 5.52 Å². The number of hydrogen-bond donors (Lipinski definition) is 1. The number of benzene rings is 1. The molecular formula is C18H24N2O5. The number of rotatable bonds is 5. The van der Waals surface area contributed by atoms with Crippen molar-refractivity contribution < 1.29 is 23.8 Å². The van der Waals surface area contributed by atoms with Crippen molar-refractivity contribution in [3.8, 4) is 5.75 Å². The predicted molar refractivity (Wildman–Crippen MR) is 94.7 cm³/mol. The number of anilines is 1. The molecule has 2 aromatic rings. The van der Waals surface area contributed by atoms with Gasteiger partial charge in [-0.1, -0.05) is 0 Å². The number of fused-ring (bicyclic) bond motifs is 1. The van der Waals surface area contributed by atoms with Crippen LogP contribution in [0, 0.1) is 0 Å². The Hall–Kier alpha value is -2.54. The number of carbonyl (C=O) groups excluding carboxylic acids is 2. The van der Waals surface area contributed by atoms with E-state index in [1.165, 1.54) is 6.92 Å². The smallest absolute Gasteiger partial charge is 0.343 e. The van der Waals surface area contributed by atoms with E-state index in [-0.39, 0.29) is 5.56 Å². The maximum absolute atomic E-state index is 12.7. The van der Waals surface area contributed by atoms with Gasteiger partial charge in [0.15, 0.2) is 0 Å². The first-order chi connectivity index (χ1) is 11.6. The number of nitrogen functional groups attached to an aromatic ring is 1. The van der Waals surface area contributed by atoms with Crippen LogP contribution >= 0.6 is 0 Å². The van der Waals surface area contributed by atoms with Gasteiger partial charge in [-0.2, -0.15) is 0 Å². The minimum Gasteiger partial charge on any atom is -0.456 e. The van der Waals surface area contributed by atoms with Gasteiger partial charge >= 0.3 is 11.9 Å². The molecule has 0 aliphatic carbocycles. The number of nitrogens with zero attached hydrogens (tertiary/aromatic N) is 1. The first-order valence-corrected chi connectivity index (χ1v) is 7.96. The lowest BCUT2D eigenvalue weighted by Gasteiger charge is -2.19. The predicted octanol–water partition coefficient (Wildman–Crippen LogP) is 2.75. The van der Waals surface area contributed by atoms with Crippen molar-refractivity contribution in [2.75, 3.05) is 19.5 Å². The van der Waals surface area contributed by atoms with Crippen LogP contribution in [0.3, 0.4) is 0 Å². The molecule has 0 atom stereocenters. The van der Waals surface area contributed by atoms with Crippen molar-refractivity contribution in [3.05, 3.63) is 23.8 Å². The average Bonchev–Trinajstić information content (AvgIpc) is 2.73. The highest BCUT2D eigenvalue weighted by molar-refractivity contribution is 6.10. The van der Waals surface area contributed by atoms with Gasteiger partial charge in [-0.05, 0) is 39.0 Å². The lowest BCUT2D eigenvalue weighted by molar-refractivity contribution is -0.131. The molecule has 0 fully saturated rings. The summed E-state index contributed by atoms with van der Waals surface area (Å²) in [6.07, 6.45) is 0. The Morgan fingerprint density at radius 2 is 1.92 bits per heavy atom. The Bertz CT molecular complexity index is 802. The second-order valence-corrected chi connectivity index (χ2v) is 6.68. The number of carbonyl (C=O) groups is 2. The van der Waals surface area contributed by atoms with Gasteiger partial charge in [0.25, 0.3) is 0 Å². The first-order valence-electron chi connectivity index (χ1n) is 7.96. The normalized spacial score (nSPS) is 11.6. The number of nitrogens with two attached hydrogens (primary N) is 1. The van der Waals surface area contributed by atoms with Crippen molar-refractivity contribution in [1.29, 1.82) is 0 Å². The molecule has 0 bridgehead atoms. The van der Waals surface area contributed by atoms with Crippen LogP contribution in [0.2, 0.25) is 0 Å². The van der Waals surface area contributed by atoms with Crippen molar-refractivity contribution >= 4 is 28.7 Å². The first kappa shape index (κ1) is 18.8. The van der Waals surface area contributed by atoms with E-state index in [1.54, 1.807) is 50.6 Å². The molecule has 1 aromatic heterocycles. The maximum atomic E-state index is 12.7. The van der Waals surface area contributed by atoms with Gasteiger partial charge in [0.1, 0.15) is 22.7 Å². The topological polar surface area (TPSA) is 92.8 Å². The van der Waals surface area contributed by atoms with Crippen LogP contribution in [-0.4, -0.2) is 35.8 Å². The average molecular weight is 348 g/mol. The Labute approximate surface area is 146 Å². The van der Waals surface area contributed by atoms with Crippen LogP contribution in [0.15, 0.2) is 18.2 Å². The fraction of sp³-hybridized carbons (Fsp3) is 0.444. The summed E-state index contributed by atoms with van der Waals surface area (Å²) in [6, 6.07) is 5.04. The molecule has 136 valence electrons. The standard InChI is InChI=1S/C18H24N2O5/c1-11(21)24-12-6-7-14-13(10-12)15(17(22)25-18(2,3)4)16(19)20(14)8-9-23-5/h6-7,10H,8-9,19H2,1-5H3. The molecule has 2 rings (SSSR count). The molecule has 0 spiro atoms. The summed E-state index contributed by atoms with van der Waals surface area (Å²) in [6.45, 7) is 7.60. The van der Waals surface area contributed by atoms with Gasteiger partial charge in [0, 0.05) is 26.0 Å². The highest BCUT2D eigenvalue weighted by atomic mass is 16.6. The molecule has 0 aliphatic heterocycles. The second kappa shape index (κ2) is 7.14. The molecule has 7 heteroatoms. The summed E-state index contributed by atoms with van der Waals surface area (Å²) in [5.41, 5.74) is 6.57. The Kier molecular flexibility index (Phi) is 5.37. The zero-order valence-electron chi connectivity index (χ0n) is 15.2. The highest BCUT2D eigenvalue weighted by Gasteiger charge is 2.26. The van der Waals surface area contributed by atoms with E-state index in [2.05, 4.69) is 0 Å². The van der Waals surface area contributed by atoms with Gasteiger partial charge in [-0.25, -0.2) is 4.79 Å². The summed E-state index contributed by atoms with van der Waals surface area (Å²) in [5, 5.41) is 0.571. The third-order valence-electron chi connectivity index (χ3n) is 3.46. The molecule has 0 unspecified atom stereocenters. The van der Waals surface area contributed by atoms with Gasteiger partial charge in [0.2, 0.25) is 0 Å². The third-order valence-corrected chi connectivity index (χ3v) is 3.46. The minimum atomic E-state index is -0.655. The fourth-order valence-electron chi connectivity index (χ4n) is 2.55. The molecule has 0 radical (unpaired) electrons. The molecule has 0 aliphatic rings. The Morgan fingerprint density at radius 3 is 2.48 bits per heavy atom. The monoisotopic (exact) mass is 348 g/mol. The van der Waals surface area contributed by atoms with Crippen LogP contribution in [0.25, 0.3) is 10.9 Å². The van der Waals surface area contributed by atoms with Crippen molar-refractivity contribution in [2.45, 2.75) is 39.8 Å². The van der Waals surface area contributed by atoms with E-state index in [9.17, 15) is 9.59 Å². The van der Waals surface area contributed by atoms with Gasteiger partial charge in [-0.15, -0.1) is 0 Å². The van der Waals surface area contributed by atoms with Gasteiger partial charge in [0.05, 0.1) is 12.1 Å². The van der Waals surface area contributed by atoms with Crippen LogP contribution in [0.1, 0.15) is 38.1 Å². The summed E-state index contributed by atoms with van der Waals surface area (Å²) in [4.78, 5) is 23.9. The van der Waals surface area contributed by atoms with Crippen LogP contribution in [-0.2, 0) is 20.8 Å². The van der Waals surface area contributed by atoms with Crippen molar-refractivity contribution in [3.63, 3.8) is 0 Å². The van der Waals surface area contributed by atoms with Gasteiger partial charge in [-0.3, -0.25) is 4.79 Å². The fourth-order valence-corrected chi connectivity index (χ4v) is 2.55. The number of aromatic nitrogens is 1. The molecule has 0 saturated heterocycles. The summed E-state index contributed by atoms with van der Waals surface area (Å²) in [7, 11) is 1.59. The molecular weight excluding hydrogens is 324 g/mol. The summed E-state index contributed by atoms with van der Waals surface area (Å²) in [5.74, 6) is -0.328. The van der Waals surface area contributed by atoms with E-state index in [4.69, 9.17) is 19.9 Å². The summed E-state index contributed by atoms with van der Waals surface area (Å²) >= 11 is 0. The number of ether oxygens (including phenoxy) is 3. The maximum Gasteiger partial charge on any atom is 0.343 e. The highest BCUT2D eigenvalue weighted by Crippen LogP contribution is 2.33. The van der Waals surface area contributed by atoms with Crippen molar-refractivity contribution in [2.24, 2.45) is 0 Å². The zero-order chi connectivity index (χ0) is 18.8. The van der Waals surface area contributed by atoms with E-state index >= 15 is 0 Å². The quantitative estimate of drug-likeness (QED) is 0.660. The molecule has 2 N–H and O–H groups in total. The molecule has 0 saturated carbocycles. The lowest BCUT2D eigenvalue weighted by atomic mass is 10.1. The van der Waals surface area contributed by atoms with E-state index in [1.807, 2.05) is 0 Å². The molecule has 25 heavy (non-hydrogen) atoms. The molecule has 7 nitrogen and oxygen atoms in total. The number of esters is 2. The molecule has 0 amide bonds. The third kappa shape index (κ3) is 4.30. The minimum absolute atomic E-state index is 0.259. The Balaban J connectivity index is 2.61. The Morgan fingerprint density at radius 1 is 1.24 bits per heavy atom. The van der Waals surface area contributed by atoms with E-state index < -0.39 is 17.5 Å². The summed E-state index contributed by atoms with van der Waals surface area (Å²) < 4.78 is 17.5.